The molecule has 1 aromatic rings. The Morgan fingerprint density at radius 2 is 1.88 bits per heavy atom. The van der Waals surface area contributed by atoms with Gasteiger partial charge in [-0.05, 0) is 47.0 Å². The Bertz CT molecular complexity index is 404. The van der Waals surface area contributed by atoms with Gasteiger partial charge < -0.3 is 10.3 Å². The summed E-state index contributed by atoms with van der Waals surface area (Å²) >= 11 is 3.49. The van der Waals surface area contributed by atoms with Crippen LogP contribution in [0.15, 0.2) is 9.00 Å². The second kappa shape index (κ2) is 4.63. The van der Waals surface area contributed by atoms with Crippen molar-refractivity contribution >= 4 is 21.7 Å². The summed E-state index contributed by atoms with van der Waals surface area (Å²) in [5.74, 6) is 3.87. The van der Waals surface area contributed by atoms with E-state index in [9.17, 15) is 0 Å². The van der Waals surface area contributed by atoms with Crippen molar-refractivity contribution in [1.29, 1.82) is 0 Å². The lowest BCUT2D eigenvalue weighted by Crippen LogP contribution is -2.26. The average Bonchev–Trinajstić information content (AvgIpc) is 2.70. The molecular formula is C13H19BrN2O. The lowest BCUT2D eigenvalue weighted by atomic mass is 9.67. The van der Waals surface area contributed by atoms with Crippen LogP contribution >= 0.6 is 15.9 Å². The first-order valence-corrected chi connectivity index (χ1v) is 7.45. The summed E-state index contributed by atoms with van der Waals surface area (Å²) in [5.41, 5.74) is 5.73. The molecule has 1 heterocycles. The number of hydrogen-bond acceptors (Lipinski definition) is 3. The SMILES string of the molecule is Nc1noc(C2CCC3CCCCC3C2)c1Br. The predicted octanol–water partition coefficient (Wildman–Crippen LogP) is 4.09. The third-order valence-electron chi connectivity index (χ3n) is 4.59. The van der Waals surface area contributed by atoms with Crippen molar-refractivity contribution in [3.05, 3.63) is 10.2 Å². The van der Waals surface area contributed by atoms with Gasteiger partial charge in [-0.1, -0.05) is 30.8 Å². The number of rotatable bonds is 1. The predicted molar refractivity (Wildman–Crippen MR) is 70.7 cm³/mol. The summed E-state index contributed by atoms with van der Waals surface area (Å²) < 4.78 is 6.28. The zero-order valence-corrected chi connectivity index (χ0v) is 11.6. The van der Waals surface area contributed by atoms with Crippen molar-refractivity contribution in [1.82, 2.24) is 5.16 Å². The van der Waals surface area contributed by atoms with Crippen molar-refractivity contribution in [2.24, 2.45) is 11.8 Å². The molecule has 0 aromatic carbocycles. The van der Waals surface area contributed by atoms with Gasteiger partial charge in [0.2, 0.25) is 0 Å². The van der Waals surface area contributed by atoms with Gasteiger partial charge in [-0.3, -0.25) is 0 Å². The van der Waals surface area contributed by atoms with Gasteiger partial charge in [-0.15, -0.1) is 0 Å². The standard InChI is InChI=1S/C13H19BrN2O/c14-11-12(17-16-13(11)15)10-6-5-8-3-1-2-4-9(8)7-10/h8-10H,1-7H2,(H2,15,16). The van der Waals surface area contributed by atoms with Crippen molar-refractivity contribution < 1.29 is 4.52 Å². The maximum absolute atomic E-state index is 5.73. The molecule has 0 saturated heterocycles. The molecule has 3 atom stereocenters. The molecule has 94 valence electrons. The fraction of sp³-hybridized carbons (Fsp3) is 0.769. The van der Waals surface area contributed by atoms with E-state index in [0.29, 0.717) is 11.7 Å². The van der Waals surface area contributed by atoms with Crippen LogP contribution in [0.5, 0.6) is 0 Å². The summed E-state index contributed by atoms with van der Waals surface area (Å²) in [5, 5.41) is 3.85. The van der Waals surface area contributed by atoms with Crippen LogP contribution in [0, 0.1) is 11.8 Å². The molecule has 2 N–H and O–H groups in total. The molecule has 0 aliphatic heterocycles. The minimum atomic E-state index is 0.491. The average molecular weight is 299 g/mol. The van der Waals surface area contributed by atoms with E-state index in [2.05, 4.69) is 21.1 Å². The van der Waals surface area contributed by atoms with Crippen LogP contribution in [0.4, 0.5) is 5.82 Å². The minimum absolute atomic E-state index is 0.491. The molecule has 3 rings (SSSR count). The van der Waals surface area contributed by atoms with Gasteiger partial charge in [0.25, 0.3) is 0 Å². The Morgan fingerprint density at radius 1 is 1.12 bits per heavy atom. The summed E-state index contributed by atoms with van der Waals surface area (Å²) in [6, 6.07) is 0. The van der Waals surface area contributed by atoms with Crippen LogP contribution in [0.2, 0.25) is 0 Å². The number of nitrogen functional groups attached to an aromatic ring is 1. The zero-order valence-electron chi connectivity index (χ0n) is 9.99. The molecule has 2 aliphatic rings. The zero-order chi connectivity index (χ0) is 11.8. The summed E-state index contributed by atoms with van der Waals surface area (Å²) in [4.78, 5) is 0. The highest BCUT2D eigenvalue weighted by atomic mass is 79.9. The number of anilines is 1. The van der Waals surface area contributed by atoms with Gasteiger partial charge in [0.15, 0.2) is 11.6 Å². The molecule has 2 saturated carbocycles. The van der Waals surface area contributed by atoms with Crippen LogP contribution in [-0.2, 0) is 0 Å². The first-order valence-electron chi connectivity index (χ1n) is 6.66. The fourth-order valence-electron chi connectivity index (χ4n) is 3.67. The summed E-state index contributed by atoms with van der Waals surface area (Å²) in [6.07, 6.45) is 9.53. The number of fused-ring (bicyclic) bond motifs is 1. The van der Waals surface area contributed by atoms with E-state index in [4.69, 9.17) is 10.3 Å². The van der Waals surface area contributed by atoms with E-state index in [-0.39, 0.29) is 0 Å². The first-order chi connectivity index (χ1) is 8.25. The molecule has 0 bridgehead atoms. The van der Waals surface area contributed by atoms with Crippen LogP contribution < -0.4 is 5.73 Å². The highest BCUT2D eigenvalue weighted by Crippen LogP contribution is 2.47. The molecule has 1 aromatic heterocycles. The van der Waals surface area contributed by atoms with Crippen molar-refractivity contribution in [2.75, 3.05) is 5.73 Å². The number of nitrogens with two attached hydrogens (primary N) is 1. The maximum atomic E-state index is 5.73. The maximum Gasteiger partial charge on any atom is 0.181 e. The second-order valence-electron chi connectivity index (χ2n) is 5.56. The third-order valence-corrected chi connectivity index (χ3v) is 5.39. The highest BCUT2D eigenvalue weighted by molar-refractivity contribution is 9.10. The molecule has 3 unspecified atom stereocenters. The number of halogens is 1. The number of hydrogen-bond donors (Lipinski definition) is 1. The first kappa shape index (κ1) is 11.6. The van der Waals surface area contributed by atoms with Gasteiger partial charge in [-0.2, -0.15) is 0 Å². The molecule has 0 amide bonds. The van der Waals surface area contributed by atoms with Gasteiger partial charge in [-0.25, -0.2) is 0 Å². The Morgan fingerprint density at radius 3 is 2.59 bits per heavy atom. The van der Waals surface area contributed by atoms with E-state index in [0.717, 1.165) is 22.1 Å². The summed E-state index contributed by atoms with van der Waals surface area (Å²) in [7, 11) is 0. The highest BCUT2D eigenvalue weighted by Gasteiger charge is 2.35. The molecule has 17 heavy (non-hydrogen) atoms. The van der Waals surface area contributed by atoms with Gasteiger partial charge in [0.1, 0.15) is 4.47 Å². The molecule has 2 aliphatic carbocycles. The Balaban J connectivity index is 1.75. The molecule has 0 spiro atoms. The van der Waals surface area contributed by atoms with E-state index >= 15 is 0 Å². The lowest BCUT2D eigenvalue weighted by molar-refractivity contribution is 0.144. The van der Waals surface area contributed by atoms with Crippen LogP contribution in [0.25, 0.3) is 0 Å². The van der Waals surface area contributed by atoms with Crippen molar-refractivity contribution in [3.63, 3.8) is 0 Å². The topological polar surface area (TPSA) is 52.0 Å². The molecule has 2 fully saturated rings. The van der Waals surface area contributed by atoms with Crippen molar-refractivity contribution in [3.8, 4) is 0 Å². The van der Waals surface area contributed by atoms with Gasteiger partial charge >= 0.3 is 0 Å². The smallest absolute Gasteiger partial charge is 0.181 e. The van der Waals surface area contributed by atoms with E-state index in [1.807, 2.05) is 0 Å². The Hall–Kier alpha value is -0.510. The van der Waals surface area contributed by atoms with E-state index < -0.39 is 0 Å². The molecule has 3 nitrogen and oxygen atoms in total. The monoisotopic (exact) mass is 298 g/mol. The third kappa shape index (κ3) is 2.12. The molecular weight excluding hydrogens is 280 g/mol. The van der Waals surface area contributed by atoms with E-state index in [1.54, 1.807) is 0 Å². The molecule has 4 heteroatoms. The number of nitrogens with zero attached hydrogens (tertiary/aromatic N) is 1. The second-order valence-corrected chi connectivity index (χ2v) is 6.35. The largest absolute Gasteiger partial charge is 0.380 e. The van der Waals surface area contributed by atoms with Crippen molar-refractivity contribution in [2.45, 2.75) is 50.9 Å². The van der Waals surface area contributed by atoms with Crippen LogP contribution in [0.1, 0.15) is 56.6 Å². The van der Waals surface area contributed by atoms with E-state index in [1.165, 1.54) is 44.9 Å². The minimum Gasteiger partial charge on any atom is -0.380 e. The normalized spacial score (nSPS) is 33.4. The quantitative estimate of drug-likeness (QED) is 0.849. The fourth-order valence-corrected chi connectivity index (χ4v) is 4.14. The van der Waals surface area contributed by atoms with Gasteiger partial charge in [0, 0.05) is 5.92 Å². The molecule has 0 radical (unpaired) electrons. The van der Waals surface area contributed by atoms with Crippen LogP contribution in [-0.4, -0.2) is 5.16 Å². The Labute approximate surface area is 110 Å². The van der Waals surface area contributed by atoms with Crippen LogP contribution in [0.3, 0.4) is 0 Å². The lowest BCUT2D eigenvalue weighted by Gasteiger charge is -2.38. The number of aromatic nitrogens is 1. The Kier molecular flexibility index (Phi) is 3.16. The summed E-state index contributed by atoms with van der Waals surface area (Å²) in [6.45, 7) is 0. The van der Waals surface area contributed by atoms with Gasteiger partial charge in [0.05, 0.1) is 0 Å².